The van der Waals surface area contributed by atoms with Crippen LogP contribution in [0, 0.1) is 0 Å². The van der Waals surface area contributed by atoms with Crippen molar-refractivity contribution in [1.29, 1.82) is 0 Å². The molecule has 0 radical (unpaired) electrons. The van der Waals surface area contributed by atoms with Crippen LogP contribution in [0.25, 0.3) is 17.2 Å². The van der Waals surface area contributed by atoms with Crippen molar-refractivity contribution in [1.82, 2.24) is 24.4 Å². The van der Waals surface area contributed by atoms with Crippen LogP contribution in [0.5, 0.6) is 0 Å². The second kappa shape index (κ2) is 8.04. The Bertz CT molecular complexity index is 1040. The number of imidazole rings is 1. The number of thioether (sulfide) groups is 1. The molecule has 2 atom stereocenters. The topological polar surface area (TPSA) is 97.5 Å². The average Bonchev–Trinajstić information content (AvgIpc) is 3.28. The molecule has 0 aromatic carbocycles. The molecule has 3 aromatic heterocycles. The van der Waals surface area contributed by atoms with Crippen molar-refractivity contribution in [3.8, 4) is 11.5 Å². The lowest BCUT2D eigenvalue weighted by molar-refractivity contribution is -0.0329. The molecule has 4 rings (SSSR count). The molecule has 162 valence electrons. The van der Waals surface area contributed by atoms with Gasteiger partial charge in [0.15, 0.2) is 5.65 Å². The van der Waals surface area contributed by atoms with Gasteiger partial charge in [-0.25, -0.2) is 9.37 Å². The maximum Gasteiger partial charge on any atom is 0.447 e. The predicted molar refractivity (Wildman–Crippen MR) is 103 cm³/mol. The summed E-state index contributed by atoms with van der Waals surface area (Å²) >= 11 is -0.330. The molecule has 0 bridgehead atoms. The Morgan fingerprint density at radius 1 is 1.37 bits per heavy atom. The Morgan fingerprint density at radius 3 is 2.83 bits per heavy atom. The summed E-state index contributed by atoms with van der Waals surface area (Å²) in [6, 6.07) is 2.76. The number of nitrogens with zero attached hydrogens (tertiary/aromatic N) is 5. The summed E-state index contributed by atoms with van der Waals surface area (Å²) in [6.45, 7) is 0.935. The zero-order valence-corrected chi connectivity index (χ0v) is 16.7. The first kappa shape index (κ1) is 20.9. The van der Waals surface area contributed by atoms with Gasteiger partial charge < -0.3 is 20.5 Å². The number of aromatic nitrogens is 4. The van der Waals surface area contributed by atoms with Crippen LogP contribution in [0.3, 0.4) is 0 Å². The Balaban J connectivity index is 1.77. The minimum Gasteiger partial charge on any atom is -0.376 e. The van der Waals surface area contributed by atoms with E-state index >= 15 is 0 Å². The molecule has 4 heterocycles. The lowest BCUT2D eigenvalue weighted by Gasteiger charge is -2.33. The fourth-order valence-electron chi connectivity index (χ4n) is 3.36. The molecule has 3 aromatic rings. The van der Waals surface area contributed by atoms with E-state index in [1.54, 1.807) is 12.1 Å². The quantitative estimate of drug-likeness (QED) is 0.457. The first-order chi connectivity index (χ1) is 14.2. The first-order valence-corrected chi connectivity index (χ1v) is 9.96. The standard InChI is InChI=1S/C17H19F4N7OS/c1-27-6-4-10(9(18)8-27)23-11-3-2-5-28-15(11)25-13(16(28)30-17(19,20)21)14-24-12(7-22)29-26-14/h2-3,5,9-10,23H,4,6-8,22H2,1H3/t9-,10+/m0/s1. The third kappa shape index (κ3) is 4.23. The Hall–Kier alpha value is -2.38. The number of anilines is 1. The summed E-state index contributed by atoms with van der Waals surface area (Å²) in [6.07, 6.45) is 0.893. The Labute approximate surface area is 172 Å². The number of hydrogen-bond donors (Lipinski definition) is 2. The molecule has 3 N–H and O–H groups in total. The van der Waals surface area contributed by atoms with E-state index in [-0.39, 0.29) is 52.9 Å². The summed E-state index contributed by atoms with van der Waals surface area (Å²) in [5.41, 5.74) is 1.44. The van der Waals surface area contributed by atoms with E-state index < -0.39 is 17.7 Å². The number of halogens is 4. The number of hydrogen-bond acceptors (Lipinski definition) is 8. The highest BCUT2D eigenvalue weighted by Crippen LogP contribution is 2.42. The summed E-state index contributed by atoms with van der Waals surface area (Å²) in [5, 5.41) is 6.59. The maximum atomic E-state index is 14.5. The zero-order chi connectivity index (χ0) is 21.5. The molecular weight excluding hydrogens is 426 g/mol. The van der Waals surface area contributed by atoms with Crippen LogP contribution in [-0.4, -0.2) is 62.3 Å². The summed E-state index contributed by atoms with van der Waals surface area (Å²) in [4.78, 5) is 10.2. The monoisotopic (exact) mass is 445 g/mol. The molecule has 0 saturated carbocycles. The smallest absolute Gasteiger partial charge is 0.376 e. The van der Waals surface area contributed by atoms with Crippen LogP contribution in [-0.2, 0) is 6.54 Å². The van der Waals surface area contributed by atoms with E-state index in [2.05, 4.69) is 20.4 Å². The van der Waals surface area contributed by atoms with Gasteiger partial charge in [-0.15, -0.1) is 0 Å². The third-order valence-corrected chi connectivity index (χ3v) is 5.57. The Morgan fingerprint density at radius 2 is 2.17 bits per heavy atom. The summed E-state index contributed by atoms with van der Waals surface area (Å²) < 4.78 is 60.4. The van der Waals surface area contributed by atoms with Crippen molar-refractivity contribution < 1.29 is 22.1 Å². The Kier molecular flexibility index (Phi) is 5.59. The van der Waals surface area contributed by atoms with Gasteiger partial charge in [-0.05, 0) is 25.6 Å². The minimum absolute atomic E-state index is 0.0526. The molecule has 1 aliphatic rings. The molecule has 8 nitrogen and oxygen atoms in total. The number of pyridine rings is 1. The van der Waals surface area contributed by atoms with Gasteiger partial charge in [-0.3, -0.25) is 4.40 Å². The number of piperidine rings is 1. The van der Waals surface area contributed by atoms with Gasteiger partial charge in [0, 0.05) is 31.0 Å². The van der Waals surface area contributed by atoms with Crippen molar-refractivity contribution >= 4 is 23.1 Å². The fraction of sp³-hybridized carbons (Fsp3) is 0.471. The van der Waals surface area contributed by atoms with Gasteiger partial charge in [0.05, 0.1) is 18.3 Å². The molecule has 30 heavy (non-hydrogen) atoms. The highest BCUT2D eigenvalue weighted by Gasteiger charge is 2.35. The van der Waals surface area contributed by atoms with Gasteiger partial charge in [0.25, 0.3) is 0 Å². The SMILES string of the molecule is CN1CC[C@@H](Nc2cccn3c(SC(F)(F)F)c(-c4noc(CN)n4)nc23)[C@@H](F)C1. The maximum absolute atomic E-state index is 14.5. The van der Waals surface area contributed by atoms with Crippen LogP contribution < -0.4 is 11.1 Å². The second-order valence-corrected chi connectivity index (χ2v) is 8.02. The fourth-order valence-corrected chi connectivity index (χ4v) is 4.06. The van der Waals surface area contributed by atoms with Gasteiger partial charge >= 0.3 is 5.51 Å². The molecule has 13 heteroatoms. The molecule has 1 fully saturated rings. The molecule has 0 spiro atoms. The first-order valence-electron chi connectivity index (χ1n) is 9.14. The lowest BCUT2D eigenvalue weighted by Crippen LogP contribution is -2.46. The number of alkyl halides is 4. The molecule has 0 unspecified atom stereocenters. The van der Waals surface area contributed by atoms with Crippen LogP contribution >= 0.6 is 11.8 Å². The normalized spacial score (nSPS) is 20.7. The third-order valence-electron chi connectivity index (χ3n) is 4.76. The predicted octanol–water partition coefficient (Wildman–Crippen LogP) is 2.91. The van der Waals surface area contributed by atoms with Gasteiger partial charge in [-0.1, -0.05) is 5.16 Å². The number of likely N-dealkylation sites (tertiary alicyclic amines) is 1. The van der Waals surface area contributed by atoms with Gasteiger partial charge in [0.1, 0.15) is 16.9 Å². The summed E-state index contributed by atoms with van der Waals surface area (Å²) in [5.74, 6) is -0.0190. The minimum atomic E-state index is -4.56. The number of fused-ring (bicyclic) bond motifs is 1. The largest absolute Gasteiger partial charge is 0.447 e. The van der Waals surface area contributed by atoms with Crippen LogP contribution in [0.2, 0.25) is 0 Å². The van der Waals surface area contributed by atoms with E-state index in [9.17, 15) is 17.6 Å². The van der Waals surface area contributed by atoms with Gasteiger partial charge in [0.2, 0.25) is 11.7 Å². The number of rotatable bonds is 5. The van der Waals surface area contributed by atoms with E-state index in [0.717, 1.165) is 0 Å². The van der Waals surface area contributed by atoms with Crippen LogP contribution in [0.15, 0.2) is 27.9 Å². The molecular formula is C17H19F4N7OS. The zero-order valence-electron chi connectivity index (χ0n) is 15.9. The van der Waals surface area contributed by atoms with Crippen LogP contribution in [0.4, 0.5) is 23.2 Å². The lowest BCUT2D eigenvalue weighted by atomic mass is 10.0. The average molecular weight is 445 g/mol. The molecule has 0 aliphatic carbocycles. The van der Waals surface area contributed by atoms with Crippen molar-refractivity contribution in [3.63, 3.8) is 0 Å². The highest BCUT2D eigenvalue weighted by atomic mass is 32.2. The van der Waals surface area contributed by atoms with Crippen molar-refractivity contribution in [2.45, 2.75) is 35.7 Å². The second-order valence-electron chi connectivity index (χ2n) is 6.96. The van der Waals surface area contributed by atoms with E-state index in [0.29, 0.717) is 18.7 Å². The summed E-state index contributed by atoms with van der Waals surface area (Å²) in [7, 11) is 1.84. The van der Waals surface area contributed by atoms with Crippen molar-refractivity contribution in [2.24, 2.45) is 5.73 Å². The van der Waals surface area contributed by atoms with E-state index in [4.69, 9.17) is 10.3 Å². The molecule has 1 aliphatic heterocycles. The highest BCUT2D eigenvalue weighted by molar-refractivity contribution is 8.00. The van der Waals surface area contributed by atoms with Crippen LogP contribution in [0.1, 0.15) is 12.3 Å². The van der Waals surface area contributed by atoms with Gasteiger partial charge in [-0.2, -0.15) is 18.2 Å². The van der Waals surface area contributed by atoms with Crippen molar-refractivity contribution in [2.75, 3.05) is 25.5 Å². The van der Waals surface area contributed by atoms with E-state index in [1.807, 2.05) is 11.9 Å². The molecule has 0 amide bonds. The van der Waals surface area contributed by atoms with Crippen molar-refractivity contribution in [3.05, 3.63) is 24.2 Å². The molecule has 1 saturated heterocycles. The van der Waals surface area contributed by atoms with E-state index in [1.165, 1.54) is 10.6 Å². The number of nitrogens with one attached hydrogen (secondary N) is 1. The number of nitrogens with two attached hydrogens (primary N) is 1.